The van der Waals surface area contributed by atoms with E-state index in [1.54, 1.807) is 10.7 Å². The van der Waals surface area contributed by atoms with Gasteiger partial charge in [0.25, 0.3) is 0 Å². The van der Waals surface area contributed by atoms with Crippen LogP contribution in [0.25, 0.3) is 10.9 Å². The highest BCUT2D eigenvalue weighted by molar-refractivity contribution is 5.93. The highest BCUT2D eigenvalue weighted by Crippen LogP contribution is 2.61. The first-order valence-electron chi connectivity index (χ1n) is 11.6. The molecule has 3 aliphatic carbocycles. The topological polar surface area (TPSA) is 61.9 Å². The van der Waals surface area contributed by atoms with Crippen molar-refractivity contribution < 1.29 is 9.18 Å². The lowest BCUT2D eigenvalue weighted by Gasteiger charge is -2.63. The number of carbonyl (C=O) groups excluding carboxylic acids is 1. The summed E-state index contributed by atoms with van der Waals surface area (Å²) >= 11 is 0. The molecule has 2 saturated heterocycles. The molecule has 1 amide bonds. The molecule has 2 aromatic rings. The van der Waals surface area contributed by atoms with Crippen LogP contribution in [0.1, 0.15) is 81.9 Å². The summed E-state index contributed by atoms with van der Waals surface area (Å²) in [6.45, 7) is 4.22. The smallest absolute Gasteiger partial charge is 0.232 e. The molecule has 3 unspecified atom stereocenters. The maximum atomic E-state index is 14.8. The van der Waals surface area contributed by atoms with Gasteiger partial charge in [-0.15, -0.1) is 0 Å². The van der Waals surface area contributed by atoms with Crippen molar-refractivity contribution in [3.63, 3.8) is 0 Å². The van der Waals surface area contributed by atoms with E-state index in [1.807, 2.05) is 14.0 Å². The van der Waals surface area contributed by atoms with Gasteiger partial charge in [-0.3, -0.25) is 9.48 Å². The van der Waals surface area contributed by atoms with E-state index < -0.39 is 5.92 Å². The Morgan fingerprint density at radius 1 is 1.26 bits per heavy atom. The molecule has 5 fully saturated rings. The molecule has 0 radical (unpaired) electrons. The van der Waals surface area contributed by atoms with Crippen molar-refractivity contribution in [2.45, 2.75) is 82.7 Å². The van der Waals surface area contributed by atoms with E-state index in [9.17, 15) is 14.4 Å². The molecule has 3 atom stereocenters. The van der Waals surface area contributed by atoms with Crippen LogP contribution in [0.4, 0.5) is 4.39 Å². The van der Waals surface area contributed by atoms with Gasteiger partial charge < -0.3 is 4.90 Å². The van der Waals surface area contributed by atoms with Gasteiger partial charge in [0.2, 0.25) is 5.91 Å². The number of aryl methyl sites for hydroxylation is 1. The monoisotopic (exact) mass is 420 g/mol. The molecule has 162 valence electrons. The summed E-state index contributed by atoms with van der Waals surface area (Å²) in [7, 11) is 1.87. The Bertz CT molecular complexity index is 1140. The van der Waals surface area contributed by atoms with Gasteiger partial charge in [0.05, 0.1) is 28.6 Å². The minimum absolute atomic E-state index is 0.0940. The van der Waals surface area contributed by atoms with E-state index in [0.29, 0.717) is 5.69 Å². The van der Waals surface area contributed by atoms with Crippen molar-refractivity contribution in [1.29, 1.82) is 5.26 Å². The molecule has 5 aliphatic rings. The maximum absolute atomic E-state index is 14.8. The first kappa shape index (κ1) is 19.3. The Hall–Kier alpha value is -2.42. The average Bonchev–Trinajstić information content (AvgIpc) is 3.49. The number of nitrogens with zero attached hydrogens (tertiary/aromatic N) is 4. The van der Waals surface area contributed by atoms with Gasteiger partial charge in [0.1, 0.15) is 5.82 Å². The van der Waals surface area contributed by atoms with Crippen LogP contribution in [0.15, 0.2) is 12.1 Å². The van der Waals surface area contributed by atoms with Gasteiger partial charge in [-0.2, -0.15) is 10.4 Å². The first-order chi connectivity index (χ1) is 14.7. The molecular weight excluding hydrogens is 391 g/mol. The van der Waals surface area contributed by atoms with Crippen molar-refractivity contribution in [1.82, 2.24) is 14.7 Å². The molecule has 31 heavy (non-hydrogen) atoms. The summed E-state index contributed by atoms with van der Waals surface area (Å²) in [6.07, 6.45) is 6.51. The first-order valence-corrected chi connectivity index (χ1v) is 11.6. The van der Waals surface area contributed by atoms with Crippen molar-refractivity contribution >= 4 is 16.8 Å². The number of hydrogen-bond acceptors (Lipinski definition) is 3. The van der Waals surface area contributed by atoms with E-state index in [-0.39, 0.29) is 40.6 Å². The number of nitriles is 1. The molecule has 2 aliphatic heterocycles. The fourth-order valence-corrected chi connectivity index (χ4v) is 7.44. The van der Waals surface area contributed by atoms with Gasteiger partial charge >= 0.3 is 0 Å². The number of benzene rings is 1. The lowest BCUT2D eigenvalue weighted by molar-refractivity contribution is -0.164. The summed E-state index contributed by atoms with van der Waals surface area (Å²) < 4.78 is 16.6. The Morgan fingerprint density at radius 2 is 1.94 bits per heavy atom. The summed E-state index contributed by atoms with van der Waals surface area (Å²) in [4.78, 5) is 16.0. The van der Waals surface area contributed by atoms with Gasteiger partial charge in [0.15, 0.2) is 0 Å². The van der Waals surface area contributed by atoms with Gasteiger partial charge in [-0.1, -0.05) is 6.92 Å². The molecule has 6 heteroatoms. The van der Waals surface area contributed by atoms with Crippen LogP contribution in [-0.4, -0.2) is 32.7 Å². The molecule has 3 heterocycles. The second kappa shape index (κ2) is 6.09. The van der Waals surface area contributed by atoms with Crippen LogP contribution in [0.5, 0.6) is 0 Å². The summed E-state index contributed by atoms with van der Waals surface area (Å²) in [5, 5.41) is 15.5. The predicted molar refractivity (Wildman–Crippen MR) is 115 cm³/mol. The summed E-state index contributed by atoms with van der Waals surface area (Å²) in [6, 6.07) is 6.21. The molecule has 4 bridgehead atoms. The molecule has 1 aromatic carbocycles. The number of hydrogen-bond donors (Lipinski definition) is 0. The highest BCUT2D eigenvalue weighted by atomic mass is 19.1. The van der Waals surface area contributed by atoms with Crippen LogP contribution < -0.4 is 0 Å². The van der Waals surface area contributed by atoms with Crippen molar-refractivity contribution in [3.05, 3.63) is 29.2 Å². The second-order valence-electron chi connectivity index (χ2n) is 11.1. The zero-order valence-corrected chi connectivity index (χ0v) is 18.5. The highest BCUT2D eigenvalue weighted by Gasteiger charge is 2.60. The normalized spacial score (nSPS) is 34.9. The fourth-order valence-electron chi connectivity index (χ4n) is 7.44. The van der Waals surface area contributed by atoms with Crippen LogP contribution in [0.3, 0.4) is 0 Å². The number of carbonyl (C=O) groups is 1. The second-order valence-corrected chi connectivity index (χ2v) is 11.1. The molecular formula is C25H29FN4O. The van der Waals surface area contributed by atoms with Gasteiger partial charge in [-0.25, -0.2) is 4.39 Å². The van der Waals surface area contributed by atoms with Crippen LogP contribution in [0, 0.1) is 28.0 Å². The van der Waals surface area contributed by atoms with Gasteiger partial charge in [0, 0.05) is 30.1 Å². The minimum atomic E-state index is -0.425. The number of rotatable bonds is 3. The Labute approximate surface area is 182 Å². The lowest BCUT2D eigenvalue weighted by atomic mass is 9.50. The average molecular weight is 421 g/mol. The summed E-state index contributed by atoms with van der Waals surface area (Å²) in [5.41, 5.74) is 2.26. The number of fused-ring (bicyclic) bond motifs is 1. The van der Waals surface area contributed by atoms with Crippen LogP contribution in [-0.2, 0) is 11.8 Å². The van der Waals surface area contributed by atoms with E-state index in [1.165, 1.54) is 6.07 Å². The Kier molecular flexibility index (Phi) is 3.79. The zero-order chi connectivity index (χ0) is 21.7. The third-order valence-corrected chi connectivity index (χ3v) is 8.55. The van der Waals surface area contributed by atoms with E-state index in [4.69, 9.17) is 5.10 Å². The van der Waals surface area contributed by atoms with E-state index in [0.717, 1.165) is 61.4 Å². The van der Waals surface area contributed by atoms with Crippen LogP contribution >= 0.6 is 0 Å². The zero-order valence-electron chi connectivity index (χ0n) is 18.5. The third-order valence-electron chi connectivity index (χ3n) is 8.55. The molecule has 3 saturated carbocycles. The Morgan fingerprint density at radius 3 is 2.55 bits per heavy atom. The number of halogens is 1. The predicted octanol–water partition coefficient (Wildman–Crippen LogP) is 4.77. The molecule has 7 rings (SSSR count). The van der Waals surface area contributed by atoms with Crippen molar-refractivity contribution in [2.24, 2.45) is 17.9 Å². The molecule has 1 aromatic heterocycles. The third kappa shape index (κ3) is 2.65. The van der Waals surface area contributed by atoms with E-state index >= 15 is 0 Å². The largest absolute Gasteiger partial charge is 0.336 e. The summed E-state index contributed by atoms with van der Waals surface area (Å²) in [5.74, 6) is -0.267. The quantitative estimate of drug-likeness (QED) is 0.719. The standard InChI is InChI=1S/C25H29FN4O/c1-14(22-21-19(29(3)28-22)7-6-18(26)20(21)15-4-5-15)23(31)30-16-8-24(2)9-17(30)11-25(10-16,12-24)13-27/h6-7,14-17H,4-5,8-12H2,1-3H3. The minimum Gasteiger partial charge on any atom is -0.336 e. The van der Waals surface area contributed by atoms with Gasteiger partial charge in [-0.05, 0) is 75.3 Å². The van der Waals surface area contributed by atoms with Crippen molar-refractivity contribution in [2.75, 3.05) is 0 Å². The number of amides is 1. The van der Waals surface area contributed by atoms with E-state index in [2.05, 4.69) is 17.9 Å². The maximum Gasteiger partial charge on any atom is 0.232 e. The molecule has 0 spiro atoms. The number of piperidine rings is 2. The lowest BCUT2D eigenvalue weighted by Crippen LogP contribution is -2.66. The number of aromatic nitrogens is 2. The SMILES string of the molecule is CC(C(=O)N1C2CC3(C)CC1CC(C#N)(C2)C3)c1nn(C)c2ccc(F)c(C3CC3)c12. The molecule has 5 nitrogen and oxygen atoms in total. The van der Waals surface area contributed by atoms with Crippen molar-refractivity contribution in [3.8, 4) is 6.07 Å². The van der Waals surface area contributed by atoms with Crippen LogP contribution in [0.2, 0.25) is 0 Å². The fraction of sp³-hybridized carbons (Fsp3) is 0.640. The Balaban J connectivity index is 1.39. The molecule has 0 N–H and O–H groups in total.